The van der Waals surface area contributed by atoms with E-state index in [0.717, 1.165) is 0 Å². The van der Waals surface area contributed by atoms with E-state index in [0.29, 0.717) is 0 Å². The van der Waals surface area contributed by atoms with E-state index in [1.165, 1.54) is 18.5 Å². The molecule has 1 saturated heterocycles. The maximum Gasteiger partial charge on any atom is 0.141 e. The zero-order valence-corrected chi connectivity index (χ0v) is 4.99. The summed E-state index contributed by atoms with van der Waals surface area (Å²) in [6.45, 7) is 0. The van der Waals surface area contributed by atoms with Gasteiger partial charge in [-0.2, -0.15) is 11.1 Å². The maximum absolute atomic E-state index is 5.69. The summed E-state index contributed by atoms with van der Waals surface area (Å²) < 4.78 is 0. The third kappa shape index (κ3) is 0.669. The summed E-state index contributed by atoms with van der Waals surface area (Å²) in [5.41, 5.74) is 0. The molecule has 0 aromatic carbocycles. The second kappa shape index (κ2) is 1.31. The standard InChI is InChI=1S/C3H7ClSi/c4-5-2-1-3-5/h5H,1-3H2. The highest BCUT2D eigenvalue weighted by molar-refractivity contribution is 7.08. The molecule has 0 atom stereocenters. The molecule has 0 radical (unpaired) electrons. The first-order valence-corrected chi connectivity index (χ1v) is 5.41. The van der Waals surface area contributed by atoms with Gasteiger partial charge >= 0.3 is 0 Å². The van der Waals surface area contributed by atoms with Crippen LogP contribution in [0.15, 0.2) is 0 Å². The molecule has 0 nitrogen and oxygen atoms in total. The van der Waals surface area contributed by atoms with Gasteiger partial charge in [-0.3, -0.25) is 0 Å². The van der Waals surface area contributed by atoms with Gasteiger partial charge in [-0.05, 0) is 12.1 Å². The molecule has 0 aliphatic carbocycles. The van der Waals surface area contributed by atoms with Crippen LogP contribution in [0.25, 0.3) is 0 Å². The van der Waals surface area contributed by atoms with Crippen LogP contribution in [0.5, 0.6) is 0 Å². The normalized spacial score (nSPS) is 25.8. The predicted octanol–water partition coefficient (Wildman–Crippen LogP) is 1.35. The lowest BCUT2D eigenvalue weighted by molar-refractivity contribution is 0.961. The minimum atomic E-state index is -0.497. The summed E-state index contributed by atoms with van der Waals surface area (Å²) in [7, 11) is -0.497. The molecule has 2 heteroatoms. The first-order chi connectivity index (χ1) is 2.39. The highest BCUT2D eigenvalue weighted by Crippen LogP contribution is 2.22. The predicted molar refractivity (Wildman–Crippen MR) is 27.2 cm³/mol. The Balaban J connectivity index is 2.08. The molecular formula is C3H7ClSi. The zero-order chi connectivity index (χ0) is 3.70. The molecular weight excluding hydrogens is 99.6 g/mol. The highest BCUT2D eigenvalue weighted by Gasteiger charge is 2.14. The van der Waals surface area contributed by atoms with E-state index in [-0.39, 0.29) is 0 Å². The molecule has 0 saturated carbocycles. The zero-order valence-electron chi connectivity index (χ0n) is 3.08. The minimum Gasteiger partial charge on any atom is -0.172 e. The molecule has 0 N–H and O–H groups in total. The minimum absolute atomic E-state index is 0.497. The SMILES string of the molecule is Cl[SiH]1CCC1. The molecule has 1 rings (SSSR count). The van der Waals surface area contributed by atoms with Gasteiger partial charge in [-0.25, -0.2) is 0 Å². The quantitative estimate of drug-likeness (QED) is 0.323. The fourth-order valence-electron chi connectivity index (χ4n) is 0.358. The Morgan fingerprint density at radius 1 is 1.40 bits per heavy atom. The van der Waals surface area contributed by atoms with Crippen molar-refractivity contribution in [2.45, 2.75) is 18.5 Å². The van der Waals surface area contributed by atoms with Crippen molar-refractivity contribution >= 4 is 19.2 Å². The van der Waals surface area contributed by atoms with E-state index in [4.69, 9.17) is 11.1 Å². The fourth-order valence-corrected chi connectivity index (χ4v) is 2.00. The van der Waals surface area contributed by atoms with Crippen molar-refractivity contribution in [3.63, 3.8) is 0 Å². The van der Waals surface area contributed by atoms with Gasteiger partial charge in [0.25, 0.3) is 0 Å². The van der Waals surface area contributed by atoms with Crippen LogP contribution in [0.4, 0.5) is 0 Å². The van der Waals surface area contributed by atoms with Gasteiger partial charge in [0.15, 0.2) is 0 Å². The summed E-state index contributed by atoms with van der Waals surface area (Å²) >= 11 is 5.69. The van der Waals surface area contributed by atoms with Crippen molar-refractivity contribution in [1.82, 2.24) is 0 Å². The smallest absolute Gasteiger partial charge is 0.141 e. The molecule has 30 valence electrons. The third-order valence-electron chi connectivity index (χ3n) is 1.03. The monoisotopic (exact) mass is 106 g/mol. The van der Waals surface area contributed by atoms with Crippen molar-refractivity contribution in [3.05, 3.63) is 0 Å². The Hall–Kier alpha value is 0.507. The molecule has 0 bridgehead atoms. The molecule has 0 unspecified atom stereocenters. The van der Waals surface area contributed by atoms with Crippen LogP contribution in [-0.2, 0) is 0 Å². The van der Waals surface area contributed by atoms with Gasteiger partial charge in [0.05, 0.1) is 0 Å². The lowest BCUT2D eigenvalue weighted by atomic mass is 10.5. The van der Waals surface area contributed by atoms with Gasteiger partial charge < -0.3 is 0 Å². The molecule has 0 amide bonds. The Bertz CT molecular complexity index is 33.9. The van der Waals surface area contributed by atoms with Gasteiger partial charge in [-0.1, -0.05) is 6.42 Å². The second-order valence-electron chi connectivity index (χ2n) is 1.53. The van der Waals surface area contributed by atoms with Crippen molar-refractivity contribution < 1.29 is 0 Å². The first-order valence-electron chi connectivity index (χ1n) is 2.03. The fraction of sp³-hybridized carbons (Fsp3) is 1.00. The average Bonchev–Trinajstić information content (AvgIpc) is 1.30. The van der Waals surface area contributed by atoms with E-state index in [1.807, 2.05) is 0 Å². The molecule has 0 aromatic rings. The van der Waals surface area contributed by atoms with Crippen molar-refractivity contribution in [1.29, 1.82) is 0 Å². The Kier molecular flexibility index (Phi) is 0.966. The van der Waals surface area contributed by atoms with Crippen molar-refractivity contribution in [2.24, 2.45) is 0 Å². The van der Waals surface area contributed by atoms with E-state index in [2.05, 4.69) is 0 Å². The third-order valence-corrected chi connectivity index (χ3v) is 4.41. The highest BCUT2D eigenvalue weighted by atomic mass is 35.6. The number of rotatable bonds is 0. The molecule has 1 aliphatic heterocycles. The molecule has 0 spiro atoms. The van der Waals surface area contributed by atoms with Crippen LogP contribution in [0, 0.1) is 0 Å². The Morgan fingerprint density at radius 2 is 1.80 bits per heavy atom. The van der Waals surface area contributed by atoms with Crippen LogP contribution in [0.1, 0.15) is 6.42 Å². The molecule has 1 heterocycles. The van der Waals surface area contributed by atoms with Crippen LogP contribution in [0.2, 0.25) is 12.1 Å². The molecule has 1 aliphatic rings. The van der Waals surface area contributed by atoms with Crippen molar-refractivity contribution in [3.8, 4) is 0 Å². The van der Waals surface area contributed by atoms with Crippen molar-refractivity contribution in [2.75, 3.05) is 0 Å². The Morgan fingerprint density at radius 3 is 1.80 bits per heavy atom. The second-order valence-corrected chi connectivity index (χ2v) is 5.73. The van der Waals surface area contributed by atoms with Crippen LogP contribution < -0.4 is 0 Å². The lowest BCUT2D eigenvalue weighted by Crippen LogP contribution is -2.12. The summed E-state index contributed by atoms with van der Waals surface area (Å²) in [4.78, 5) is 0. The van der Waals surface area contributed by atoms with Gasteiger partial charge in [0, 0.05) is 0 Å². The Labute approximate surface area is 38.4 Å². The van der Waals surface area contributed by atoms with Crippen LogP contribution in [0.3, 0.4) is 0 Å². The molecule has 5 heavy (non-hydrogen) atoms. The summed E-state index contributed by atoms with van der Waals surface area (Å²) in [5.74, 6) is 0. The summed E-state index contributed by atoms with van der Waals surface area (Å²) in [5, 5.41) is 0. The van der Waals surface area contributed by atoms with Gasteiger partial charge in [-0.15, -0.1) is 0 Å². The summed E-state index contributed by atoms with van der Waals surface area (Å²) in [6.07, 6.45) is 1.42. The lowest BCUT2D eigenvalue weighted by Gasteiger charge is -2.14. The number of halogens is 1. The summed E-state index contributed by atoms with van der Waals surface area (Å²) in [6, 6.07) is 2.78. The number of hydrogen-bond donors (Lipinski definition) is 0. The molecule has 1 fully saturated rings. The number of hydrogen-bond acceptors (Lipinski definition) is 0. The maximum atomic E-state index is 5.69. The van der Waals surface area contributed by atoms with Crippen LogP contribution >= 0.6 is 11.1 Å². The van der Waals surface area contributed by atoms with E-state index < -0.39 is 8.11 Å². The van der Waals surface area contributed by atoms with E-state index in [1.54, 1.807) is 0 Å². The average molecular weight is 107 g/mol. The van der Waals surface area contributed by atoms with E-state index >= 15 is 0 Å². The van der Waals surface area contributed by atoms with Gasteiger partial charge in [0.2, 0.25) is 0 Å². The van der Waals surface area contributed by atoms with Gasteiger partial charge in [0.1, 0.15) is 8.11 Å². The van der Waals surface area contributed by atoms with E-state index in [9.17, 15) is 0 Å². The molecule has 0 aromatic heterocycles. The largest absolute Gasteiger partial charge is 0.172 e. The topological polar surface area (TPSA) is 0 Å². The van der Waals surface area contributed by atoms with Crippen LogP contribution in [-0.4, -0.2) is 8.11 Å². The first kappa shape index (κ1) is 3.69.